The van der Waals surface area contributed by atoms with E-state index in [4.69, 9.17) is 27.9 Å². The Morgan fingerprint density at radius 3 is 2.62 bits per heavy atom. The van der Waals surface area contributed by atoms with E-state index in [0.29, 0.717) is 16.0 Å². The molecule has 0 saturated carbocycles. The van der Waals surface area contributed by atoms with Gasteiger partial charge >= 0.3 is 0 Å². The molecule has 3 nitrogen and oxygen atoms in total. The number of ether oxygens (including phenoxy) is 1. The lowest BCUT2D eigenvalue weighted by atomic mass is 10.00. The first-order valence-corrected chi connectivity index (χ1v) is 5.38. The van der Waals surface area contributed by atoms with Crippen LogP contribution in [0.15, 0.2) is 18.2 Å². The van der Waals surface area contributed by atoms with E-state index in [0.717, 1.165) is 22.6 Å². The lowest BCUT2D eigenvalue weighted by Gasteiger charge is -2.21. The van der Waals surface area contributed by atoms with Crippen molar-refractivity contribution < 1.29 is 4.74 Å². The molecule has 1 aromatic rings. The predicted molar refractivity (Wildman–Crippen MR) is 63.0 cm³/mol. The van der Waals surface area contributed by atoms with E-state index in [1.54, 1.807) is 13.2 Å². The van der Waals surface area contributed by atoms with Gasteiger partial charge in [0.2, 0.25) is 0 Å². The van der Waals surface area contributed by atoms with Crippen LogP contribution in [0.3, 0.4) is 0 Å². The lowest BCUT2D eigenvalue weighted by Crippen LogP contribution is -2.09. The Morgan fingerprint density at radius 2 is 2.00 bits per heavy atom. The quantitative estimate of drug-likeness (QED) is 0.656. The van der Waals surface area contributed by atoms with E-state index < -0.39 is 0 Å². The van der Waals surface area contributed by atoms with Crippen LogP contribution in [0.25, 0.3) is 22.6 Å². The van der Waals surface area contributed by atoms with Crippen LogP contribution in [0, 0.1) is 0 Å². The molecule has 2 aliphatic rings. The largest absolute Gasteiger partial charge is 0.496 e. The first-order valence-electron chi connectivity index (χ1n) is 4.62. The van der Waals surface area contributed by atoms with Gasteiger partial charge in [0.05, 0.1) is 18.4 Å². The van der Waals surface area contributed by atoms with E-state index in [9.17, 15) is 0 Å². The average Bonchev–Trinajstić information content (AvgIpc) is 2.24. The fourth-order valence-corrected chi connectivity index (χ4v) is 2.12. The standard InChI is InChI=1S/C11H6Cl2N2O/c1-16-7-3-2-5(12)4-6(7)9-8-10(13)15-11(8)14-9/h2-4H,1H3. The maximum Gasteiger partial charge on any atom is 0.166 e. The highest BCUT2D eigenvalue weighted by atomic mass is 35.5. The minimum atomic E-state index is 0.502. The number of hydrogen-bond donors (Lipinski definition) is 0. The third-order valence-electron chi connectivity index (χ3n) is 2.51. The summed E-state index contributed by atoms with van der Waals surface area (Å²) < 4.78 is 5.26. The average molecular weight is 253 g/mol. The van der Waals surface area contributed by atoms with Gasteiger partial charge in [-0.25, -0.2) is 9.97 Å². The molecule has 2 heterocycles. The van der Waals surface area contributed by atoms with Crippen LogP contribution in [-0.4, -0.2) is 17.1 Å². The minimum absolute atomic E-state index is 0.502. The molecule has 0 aliphatic carbocycles. The summed E-state index contributed by atoms with van der Waals surface area (Å²) >= 11 is 11.8. The molecular weight excluding hydrogens is 247 g/mol. The zero-order valence-corrected chi connectivity index (χ0v) is 9.80. The summed E-state index contributed by atoms with van der Waals surface area (Å²) in [6.45, 7) is 0. The molecule has 16 heavy (non-hydrogen) atoms. The summed E-state index contributed by atoms with van der Waals surface area (Å²) in [7, 11) is 1.61. The third kappa shape index (κ3) is 1.22. The second kappa shape index (κ2) is 3.34. The van der Waals surface area contributed by atoms with E-state index in [2.05, 4.69) is 9.97 Å². The number of benzene rings is 1. The molecule has 0 atom stereocenters. The zero-order chi connectivity index (χ0) is 11.3. The highest BCUT2D eigenvalue weighted by molar-refractivity contribution is 6.34. The minimum Gasteiger partial charge on any atom is -0.496 e. The molecule has 2 aliphatic heterocycles. The number of halogens is 2. The maximum absolute atomic E-state index is 5.95. The SMILES string of the molecule is COc1ccc(Cl)cc1-c1nc2nc(Cl)c1-2. The van der Waals surface area contributed by atoms with Crippen molar-refractivity contribution in [2.45, 2.75) is 0 Å². The number of rotatable bonds is 2. The fraction of sp³-hybridized carbons (Fsp3) is 0.0909. The Hall–Kier alpha value is -1.32. The number of methoxy groups -OCH3 is 1. The maximum atomic E-state index is 5.95. The highest BCUT2D eigenvalue weighted by Gasteiger charge is 2.30. The van der Waals surface area contributed by atoms with Crippen LogP contribution in [-0.2, 0) is 0 Å². The Morgan fingerprint density at radius 1 is 1.19 bits per heavy atom. The van der Waals surface area contributed by atoms with Crippen LogP contribution in [0.5, 0.6) is 5.75 Å². The van der Waals surface area contributed by atoms with Crippen LogP contribution in [0.4, 0.5) is 0 Å². The van der Waals surface area contributed by atoms with Crippen molar-refractivity contribution >= 4 is 23.2 Å². The van der Waals surface area contributed by atoms with Gasteiger partial charge in [0.25, 0.3) is 0 Å². The Bertz CT molecular complexity index is 599. The molecule has 0 aromatic heterocycles. The summed E-state index contributed by atoms with van der Waals surface area (Å²) in [5.41, 5.74) is 2.55. The van der Waals surface area contributed by atoms with Gasteiger partial charge in [-0.3, -0.25) is 0 Å². The monoisotopic (exact) mass is 252 g/mol. The van der Waals surface area contributed by atoms with Crippen molar-refractivity contribution in [1.82, 2.24) is 9.97 Å². The van der Waals surface area contributed by atoms with Gasteiger partial charge in [-0.05, 0) is 18.2 Å². The Balaban J connectivity index is 2.17. The lowest BCUT2D eigenvalue weighted by molar-refractivity contribution is 0.416. The summed E-state index contributed by atoms with van der Waals surface area (Å²) in [6, 6.07) is 5.39. The van der Waals surface area contributed by atoms with Gasteiger partial charge in [-0.1, -0.05) is 23.2 Å². The van der Waals surface area contributed by atoms with Gasteiger partial charge in [0, 0.05) is 10.6 Å². The van der Waals surface area contributed by atoms with Crippen molar-refractivity contribution in [1.29, 1.82) is 0 Å². The van der Waals surface area contributed by atoms with E-state index in [1.807, 2.05) is 12.1 Å². The second-order valence-electron chi connectivity index (χ2n) is 3.41. The molecule has 0 saturated heterocycles. The van der Waals surface area contributed by atoms with Gasteiger partial charge < -0.3 is 4.74 Å². The van der Waals surface area contributed by atoms with Crippen molar-refractivity contribution in [3.63, 3.8) is 0 Å². The smallest absolute Gasteiger partial charge is 0.166 e. The van der Waals surface area contributed by atoms with E-state index in [1.165, 1.54) is 0 Å². The number of hydrogen-bond acceptors (Lipinski definition) is 3. The van der Waals surface area contributed by atoms with Crippen LogP contribution >= 0.6 is 23.2 Å². The normalized spacial score (nSPS) is 11.4. The molecule has 0 amide bonds. The van der Waals surface area contributed by atoms with Crippen molar-refractivity contribution in [2.75, 3.05) is 7.11 Å². The molecule has 0 fully saturated rings. The van der Waals surface area contributed by atoms with Gasteiger partial charge in [0.15, 0.2) is 5.82 Å². The second-order valence-corrected chi connectivity index (χ2v) is 4.20. The fourth-order valence-electron chi connectivity index (χ4n) is 1.70. The molecule has 0 spiro atoms. The van der Waals surface area contributed by atoms with Crippen LogP contribution in [0.2, 0.25) is 10.2 Å². The topological polar surface area (TPSA) is 35.0 Å². The van der Waals surface area contributed by atoms with Crippen molar-refractivity contribution in [3.05, 3.63) is 28.4 Å². The van der Waals surface area contributed by atoms with Crippen molar-refractivity contribution in [3.8, 4) is 28.4 Å². The summed E-state index contributed by atoms with van der Waals surface area (Å²) in [4.78, 5) is 8.19. The molecule has 80 valence electrons. The summed E-state index contributed by atoms with van der Waals surface area (Å²) in [5, 5.41) is 1.14. The van der Waals surface area contributed by atoms with Gasteiger partial charge in [0.1, 0.15) is 10.9 Å². The molecule has 3 rings (SSSR count). The Labute approximate surface area is 102 Å². The summed E-state index contributed by atoms with van der Waals surface area (Å²) in [5.74, 6) is 1.44. The molecule has 0 radical (unpaired) electrons. The van der Waals surface area contributed by atoms with Gasteiger partial charge in [-0.2, -0.15) is 0 Å². The van der Waals surface area contributed by atoms with Crippen LogP contribution < -0.4 is 4.74 Å². The first-order chi connectivity index (χ1) is 7.70. The highest BCUT2D eigenvalue weighted by Crippen LogP contribution is 2.46. The zero-order valence-electron chi connectivity index (χ0n) is 8.29. The van der Waals surface area contributed by atoms with E-state index in [-0.39, 0.29) is 0 Å². The van der Waals surface area contributed by atoms with Crippen molar-refractivity contribution in [2.24, 2.45) is 0 Å². The number of fused-ring (bicyclic) bond motifs is 1. The number of nitrogens with zero attached hydrogens (tertiary/aromatic N) is 2. The van der Waals surface area contributed by atoms with Gasteiger partial charge in [-0.15, -0.1) is 0 Å². The molecule has 0 N–H and O–H groups in total. The molecular formula is C11H6Cl2N2O. The molecule has 0 unspecified atom stereocenters. The first kappa shape index (κ1) is 9.87. The molecule has 0 bridgehead atoms. The third-order valence-corrected chi connectivity index (χ3v) is 3.01. The number of aromatic nitrogens is 2. The molecule has 5 heteroatoms. The van der Waals surface area contributed by atoms with Crippen LogP contribution in [0.1, 0.15) is 0 Å². The molecule has 1 aromatic carbocycles. The Kier molecular flexibility index (Phi) is 2.06. The predicted octanol–water partition coefficient (Wildman–Crippen LogP) is 3.44. The van der Waals surface area contributed by atoms with E-state index >= 15 is 0 Å². The summed E-state index contributed by atoms with van der Waals surface area (Å²) in [6.07, 6.45) is 0.